The van der Waals surface area contributed by atoms with Crippen molar-refractivity contribution in [3.05, 3.63) is 0 Å². The van der Waals surface area contributed by atoms with E-state index < -0.39 is 0 Å². The Hall–Kier alpha value is -0.410. The molecule has 0 bridgehead atoms. The molecule has 0 aromatic carbocycles. The van der Waals surface area contributed by atoms with E-state index in [4.69, 9.17) is 10.1 Å². The minimum Gasteiger partial charge on any atom is -0.392 e. The van der Waals surface area contributed by atoms with Gasteiger partial charge in [0.2, 0.25) is 0 Å². The first kappa shape index (κ1) is 10.7. The third kappa shape index (κ3) is 2.78. The van der Waals surface area contributed by atoms with Crippen LogP contribution < -0.4 is 0 Å². The summed E-state index contributed by atoms with van der Waals surface area (Å²) in [5.41, 5.74) is 0.605. The van der Waals surface area contributed by atoms with Crippen LogP contribution in [0.5, 0.6) is 0 Å². The third-order valence-electron chi connectivity index (χ3n) is 2.88. The van der Waals surface area contributed by atoms with E-state index in [9.17, 15) is 5.11 Å². The third-order valence-corrected chi connectivity index (χ3v) is 2.88. The van der Waals surface area contributed by atoms with Crippen LogP contribution in [0.1, 0.15) is 26.2 Å². The predicted molar refractivity (Wildman–Crippen MR) is 52.1 cm³/mol. The van der Waals surface area contributed by atoms with Gasteiger partial charge in [0.15, 0.2) is 0 Å². The maximum atomic E-state index is 9.64. The number of rotatable bonds is 3. The number of ether oxygens (including phenoxy) is 1. The highest BCUT2D eigenvalue weighted by Gasteiger charge is 2.30. The van der Waals surface area contributed by atoms with Gasteiger partial charge in [-0.3, -0.25) is 0 Å². The van der Waals surface area contributed by atoms with Gasteiger partial charge in [-0.15, -0.1) is 0 Å². The van der Waals surface area contributed by atoms with Gasteiger partial charge in [0, 0.05) is 25.3 Å². The van der Waals surface area contributed by atoms with Crippen LogP contribution in [0.25, 0.3) is 0 Å². The summed E-state index contributed by atoms with van der Waals surface area (Å²) in [4.78, 5) is 0. The molecule has 0 spiro atoms. The number of aliphatic hydroxyl groups excluding tert-OH is 1. The van der Waals surface area contributed by atoms with Gasteiger partial charge in [0.05, 0.1) is 6.10 Å². The molecule has 1 aliphatic rings. The zero-order valence-corrected chi connectivity index (χ0v) is 8.42. The van der Waals surface area contributed by atoms with Crippen LogP contribution in [0.2, 0.25) is 0 Å². The van der Waals surface area contributed by atoms with E-state index in [1.54, 1.807) is 14.0 Å². The van der Waals surface area contributed by atoms with Crippen molar-refractivity contribution in [3.8, 4) is 0 Å². The molecule has 3 atom stereocenters. The Morgan fingerprint density at radius 1 is 1.54 bits per heavy atom. The van der Waals surface area contributed by atoms with Crippen LogP contribution in [0.3, 0.4) is 0 Å². The average molecular weight is 185 g/mol. The van der Waals surface area contributed by atoms with Crippen molar-refractivity contribution in [2.75, 3.05) is 13.7 Å². The number of hydrogen-bond acceptors (Lipinski definition) is 3. The van der Waals surface area contributed by atoms with Gasteiger partial charge in [-0.25, -0.2) is 0 Å². The molecule has 13 heavy (non-hydrogen) atoms. The zero-order valence-electron chi connectivity index (χ0n) is 8.42. The molecule has 0 aromatic heterocycles. The summed E-state index contributed by atoms with van der Waals surface area (Å²) < 4.78 is 5.09. The Kier molecular flexibility index (Phi) is 3.88. The molecular weight excluding hydrogens is 166 g/mol. The minimum absolute atomic E-state index is 0.0638. The van der Waals surface area contributed by atoms with Gasteiger partial charge in [0.25, 0.3) is 0 Å². The topological polar surface area (TPSA) is 53.3 Å². The molecule has 0 saturated heterocycles. The van der Waals surface area contributed by atoms with E-state index >= 15 is 0 Å². The summed E-state index contributed by atoms with van der Waals surface area (Å²) in [7, 11) is 1.71. The normalized spacial score (nSPS) is 34.5. The number of hydrogen-bond donors (Lipinski definition) is 2. The molecule has 1 aliphatic carbocycles. The summed E-state index contributed by atoms with van der Waals surface area (Å²) in [5, 5.41) is 17.2. The van der Waals surface area contributed by atoms with Crippen LogP contribution >= 0.6 is 0 Å². The Morgan fingerprint density at radius 3 is 2.77 bits per heavy atom. The largest absolute Gasteiger partial charge is 0.392 e. The summed E-state index contributed by atoms with van der Waals surface area (Å²) >= 11 is 0. The SMILES string of the molecule is COCC1CCC(O)C(C(C)=N)C1. The molecule has 0 amide bonds. The molecule has 1 rings (SSSR count). The van der Waals surface area contributed by atoms with Crippen molar-refractivity contribution in [1.29, 1.82) is 5.41 Å². The lowest BCUT2D eigenvalue weighted by Crippen LogP contribution is -2.34. The van der Waals surface area contributed by atoms with Crippen molar-refractivity contribution in [3.63, 3.8) is 0 Å². The van der Waals surface area contributed by atoms with Crippen LogP contribution in [-0.4, -0.2) is 30.6 Å². The fourth-order valence-electron chi connectivity index (χ4n) is 2.09. The molecular formula is C10H19NO2. The van der Waals surface area contributed by atoms with E-state index in [0.717, 1.165) is 25.9 Å². The van der Waals surface area contributed by atoms with E-state index in [1.165, 1.54) is 0 Å². The number of methoxy groups -OCH3 is 1. The summed E-state index contributed by atoms with van der Waals surface area (Å²) in [6.07, 6.45) is 2.45. The number of nitrogens with one attached hydrogen (secondary N) is 1. The second-order valence-corrected chi connectivity index (χ2v) is 3.99. The fourth-order valence-corrected chi connectivity index (χ4v) is 2.09. The highest BCUT2D eigenvalue weighted by molar-refractivity contribution is 5.81. The van der Waals surface area contributed by atoms with Gasteiger partial charge in [-0.05, 0) is 32.1 Å². The van der Waals surface area contributed by atoms with E-state index in [-0.39, 0.29) is 12.0 Å². The molecule has 1 fully saturated rings. The molecule has 0 radical (unpaired) electrons. The molecule has 0 aromatic rings. The first-order valence-electron chi connectivity index (χ1n) is 4.87. The van der Waals surface area contributed by atoms with Crippen molar-refractivity contribution < 1.29 is 9.84 Å². The smallest absolute Gasteiger partial charge is 0.0620 e. The van der Waals surface area contributed by atoms with Gasteiger partial charge >= 0.3 is 0 Å². The molecule has 3 unspecified atom stereocenters. The quantitative estimate of drug-likeness (QED) is 0.654. The lowest BCUT2D eigenvalue weighted by molar-refractivity contribution is 0.0492. The summed E-state index contributed by atoms with van der Waals surface area (Å²) in [6.45, 7) is 2.54. The standard InChI is InChI=1S/C10H19NO2/c1-7(11)9-5-8(6-13-2)3-4-10(9)12/h8-12H,3-6H2,1-2H3. The molecule has 3 nitrogen and oxygen atoms in total. The first-order chi connectivity index (χ1) is 6.15. The maximum absolute atomic E-state index is 9.64. The van der Waals surface area contributed by atoms with Gasteiger partial charge in [0.1, 0.15) is 0 Å². The Balaban J connectivity index is 2.47. The molecule has 3 heteroatoms. The highest BCUT2D eigenvalue weighted by Crippen LogP contribution is 2.30. The van der Waals surface area contributed by atoms with Crippen molar-refractivity contribution in [2.24, 2.45) is 11.8 Å². The second-order valence-electron chi connectivity index (χ2n) is 3.99. The lowest BCUT2D eigenvalue weighted by atomic mass is 9.78. The molecule has 0 heterocycles. The summed E-state index contributed by atoms with van der Waals surface area (Å²) in [5.74, 6) is 0.590. The Bertz CT molecular complexity index is 182. The van der Waals surface area contributed by atoms with Crippen molar-refractivity contribution >= 4 is 5.71 Å². The monoisotopic (exact) mass is 185 g/mol. The first-order valence-corrected chi connectivity index (χ1v) is 4.87. The predicted octanol–water partition coefficient (Wildman–Crippen LogP) is 1.45. The minimum atomic E-state index is -0.300. The highest BCUT2D eigenvalue weighted by atomic mass is 16.5. The van der Waals surface area contributed by atoms with E-state index in [2.05, 4.69) is 0 Å². The van der Waals surface area contributed by atoms with Gasteiger partial charge in [-0.1, -0.05) is 0 Å². The maximum Gasteiger partial charge on any atom is 0.0620 e. The van der Waals surface area contributed by atoms with Crippen LogP contribution in [0, 0.1) is 17.2 Å². The summed E-state index contributed by atoms with van der Waals surface area (Å²) in [6, 6.07) is 0. The fraction of sp³-hybridized carbons (Fsp3) is 0.900. The Morgan fingerprint density at radius 2 is 2.23 bits per heavy atom. The van der Waals surface area contributed by atoms with Crippen LogP contribution in [0.4, 0.5) is 0 Å². The van der Waals surface area contributed by atoms with Crippen LogP contribution in [0.15, 0.2) is 0 Å². The molecule has 76 valence electrons. The van der Waals surface area contributed by atoms with Crippen LogP contribution in [-0.2, 0) is 4.74 Å². The molecule has 1 saturated carbocycles. The number of aliphatic hydroxyl groups is 1. The van der Waals surface area contributed by atoms with E-state index in [0.29, 0.717) is 11.6 Å². The second kappa shape index (κ2) is 4.72. The van der Waals surface area contributed by atoms with Gasteiger partial charge in [-0.2, -0.15) is 0 Å². The van der Waals surface area contributed by atoms with Crippen molar-refractivity contribution in [1.82, 2.24) is 0 Å². The van der Waals surface area contributed by atoms with Crippen molar-refractivity contribution in [2.45, 2.75) is 32.3 Å². The lowest BCUT2D eigenvalue weighted by Gasteiger charge is -2.32. The molecule has 0 aliphatic heterocycles. The molecule has 2 N–H and O–H groups in total. The zero-order chi connectivity index (χ0) is 9.84. The Labute approximate surface area is 79.6 Å². The van der Waals surface area contributed by atoms with Gasteiger partial charge < -0.3 is 15.3 Å². The van der Waals surface area contributed by atoms with E-state index in [1.807, 2.05) is 0 Å². The average Bonchev–Trinajstić information content (AvgIpc) is 2.08.